The second-order valence-corrected chi connectivity index (χ2v) is 8.39. The van der Waals surface area contributed by atoms with E-state index in [1.54, 1.807) is 48.6 Å². The van der Waals surface area contributed by atoms with Crippen LogP contribution in [-0.2, 0) is 0 Å². The summed E-state index contributed by atoms with van der Waals surface area (Å²) in [7, 11) is 1.38. The highest BCUT2D eigenvalue weighted by Gasteiger charge is 2.28. The Labute approximate surface area is 201 Å². The summed E-state index contributed by atoms with van der Waals surface area (Å²) in [5, 5.41) is 10.8. The second-order valence-electron chi connectivity index (χ2n) is 8.39. The van der Waals surface area contributed by atoms with Crippen LogP contribution in [0, 0.1) is 5.82 Å². The molecular formula is C28H23FO6. The quantitative estimate of drug-likeness (QED) is 0.209. The zero-order chi connectivity index (χ0) is 25.2. The number of methoxy groups -OCH3 is 1. The number of benzene rings is 3. The first-order chi connectivity index (χ1) is 16.7. The van der Waals surface area contributed by atoms with E-state index in [0.717, 1.165) is 6.07 Å². The second kappa shape index (κ2) is 9.46. The van der Waals surface area contributed by atoms with Gasteiger partial charge >= 0.3 is 5.97 Å². The van der Waals surface area contributed by atoms with Gasteiger partial charge in [0.2, 0.25) is 0 Å². The van der Waals surface area contributed by atoms with Crippen LogP contribution in [0.4, 0.5) is 4.39 Å². The van der Waals surface area contributed by atoms with Crippen molar-refractivity contribution in [2.24, 2.45) is 0 Å². The Hall–Kier alpha value is -4.39. The molecule has 4 rings (SSSR count). The predicted molar refractivity (Wildman–Crippen MR) is 130 cm³/mol. The summed E-state index contributed by atoms with van der Waals surface area (Å²) in [4.78, 5) is 25.2. The maximum Gasteiger partial charge on any atom is 0.346 e. The summed E-state index contributed by atoms with van der Waals surface area (Å²) in [5.74, 6) is -1.60. The van der Waals surface area contributed by atoms with Crippen molar-refractivity contribution >= 4 is 23.9 Å². The molecule has 0 amide bonds. The molecule has 0 bridgehead atoms. The Balaban J connectivity index is 1.56. The number of phenols is 1. The summed E-state index contributed by atoms with van der Waals surface area (Å²) in [6.45, 7) is 3.73. The van der Waals surface area contributed by atoms with Crippen molar-refractivity contribution in [2.45, 2.75) is 19.4 Å². The number of halogens is 1. The molecule has 0 radical (unpaired) electrons. The van der Waals surface area contributed by atoms with E-state index in [0.29, 0.717) is 22.6 Å². The number of carbonyl (C=O) groups excluding carboxylic acids is 2. The third kappa shape index (κ3) is 5.09. The fourth-order valence-electron chi connectivity index (χ4n) is 3.59. The standard InChI is InChI=1S/C28H23FO6/c1-28(2)14-13-20-23(35-28)16-24(33-3)25(26(20)31)22(30)12-10-17-9-11-19(21(29)15-17)27(32)34-18-7-5-4-6-8-18/h4-16,31H,1-3H3. The van der Waals surface area contributed by atoms with Crippen molar-refractivity contribution in [3.8, 4) is 23.0 Å². The Morgan fingerprint density at radius 2 is 1.83 bits per heavy atom. The molecule has 6 nitrogen and oxygen atoms in total. The average molecular weight is 474 g/mol. The molecule has 0 saturated heterocycles. The van der Waals surface area contributed by atoms with Crippen LogP contribution in [0.5, 0.6) is 23.0 Å². The van der Waals surface area contributed by atoms with Gasteiger partial charge in [-0.3, -0.25) is 4.79 Å². The average Bonchev–Trinajstić information content (AvgIpc) is 2.82. The fourth-order valence-corrected chi connectivity index (χ4v) is 3.59. The number of esters is 1. The lowest BCUT2D eigenvalue weighted by Crippen LogP contribution is -2.27. The Morgan fingerprint density at radius 3 is 2.51 bits per heavy atom. The normalized spacial score (nSPS) is 13.7. The maximum absolute atomic E-state index is 14.6. The van der Waals surface area contributed by atoms with Gasteiger partial charge in [-0.05, 0) is 61.9 Å². The molecular weight excluding hydrogens is 451 g/mol. The van der Waals surface area contributed by atoms with E-state index >= 15 is 0 Å². The molecule has 0 aliphatic carbocycles. The minimum atomic E-state index is -0.831. The highest BCUT2D eigenvalue weighted by Crippen LogP contribution is 2.43. The molecule has 0 fully saturated rings. The van der Waals surface area contributed by atoms with Gasteiger partial charge in [-0.25, -0.2) is 9.18 Å². The molecule has 0 unspecified atom stereocenters. The molecule has 0 aromatic heterocycles. The molecule has 3 aromatic rings. The zero-order valence-corrected chi connectivity index (χ0v) is 19.4. The number of hydrogen-bond donors (Lipinski definition) is 1. The first-order valence-corrected chi connectivity index (χ1v) is 10.8. The molecule has 35 heavy (non-hydrogen) atoms. The van der Waals surface area contributed by atoms with Gasteiger partial charge in [0.25, 0.3) is 0 Å². The molecule has 3 aromatic carbocycles. The highest BCUT2D eigenvalue weighted by molar-refractivity contribution is 6.11. The van der Waals surface area contributed by atoms with Gasteiger partial charge in [-0.1, -0.05) is 30.3 Å². The van der Waals surface area contributed by atoms with E-state index < -0.39 is 23.2 Å². The number of fused-ring (bicyclic) bond motifs is 1. The van der Waals surface area contributed by atoms with Crippen LogP contribution in [0.15, 0.2) is 66.7 Å². The lowest BCUT2D eigenvalue weighted by atomic mass is 9.97. The van der Waals surface area contributed by atoms with E-state index in [1.165, 1.54) is 31.4 Å². The topological polar surface area (TPSA) is 82.1 Å². The van der Waals surface area contributed by atoms with Crippen LogP contribution in [0.3, 0.4) is 0 Å². The molecule has 1 aliphatic heterocycles. The lowest BCUT2D eigenvalue weighted by molar-refractivity contribution is 0.0729. The number of carbonyl (C=O) groups is 2. The number of ketones is 1. The largest absolute Gasteiger partial charge is 0.506 e. The summed E-state index contributed by atoms with van der Waals surface area (Å²) in [6, 6.07) is 13.8. The summed E-state index contributed by atoms with van der Waals surface area (Å²) >= 11 is 0. The summed E-state index contributed by atoms with van der Waals surface area (Å²) in [6.07, 6.45) is 6.04. The van der Waals surface area contributed by atoms with Crippen molar-refractivity contribution in [1.82, 2.24) is 0 Å². The van der Waals surface area contributed by atoms with Crippen LogP contribution in [0.2, 0.25) is 0 Å². The summed E-state index contributed by atoms with van der Waals surface area (Å²) in [5.41, 5.74) is -0.137. The first kappa shape index (κ1) is 23.8. The molecule has 178 valence electrons. The lowest BCUT2D eigenvalue weighted by Gasteiger charge is -2.29. The van der Waals surface area contributed by atoms with Gasteiger partial charge in [-0.2, -0.15) is 0 Å². The number of hydrogen-bond acceptors (Lipinski definition) is 6. The van der Waals surface area contributed by atoms with Crippen LogP contribution in [0.1, 0.15) is 45.7 Å². The highest BCUT2D eigenvalue weighted by atomic mass is 19.1. The van der Waals surface area contributed by atoms with Crippen molar-refractivity contribution < 1.29 is 33.3 Å². The minimum absolute atomic E-state index is 0.0426. The molecule has 1 N–H and O–H groups in total. The molecule has 1 aliphatic rings. The SMILES string of the molecule is COc1cc2c(c(O)c1C(=O)C=Cc1ccc(C(=O)Oc3ccccc3)c(F)c1)C=CC(C)(C)O2. The van der Waals surface area contributed by atoms with Crippen molar-refractivity contribution in [3.05, 3.63) is 94.8 Å². The van der Waals surface area contributed by atoms with Gasteiger partial charge in [0.15, 0.2) is 5.78 Å². The number of rotatable bonds is 6. The minimum Gasteiger partial charge on any atom is -0.506 e. The van der Waals surface area contributed by atoms with Crippen molar-refractivity contribution in [2.75, 3.05) is 7.11 Å². The van der Waals surface area contributed by atoms with Crippen LogP contribution in [0.25, 0.3) is 12.2 Å². The van der Waals surface area contributed by atoms with E-state index in [4.69, 9.17) is 14.2 Å². The van der Waals surface area contributed by atoms with Crippen LogP contribution < -0.4 is 14.2 Å². The van der Waals surface area contributed by atoms with Crippen molar-refractivity contribution in [3.63, 3.8) is 0 Å². The first-order valence-electron chi connectivity index (χ1n) is 10.8. The molecule has 1 heterocycles. The molecule has 0 atom stereocenters. The molecule has 0 saturated carbocycles. The Bertz CT molecular complexity index is 1360. The molecule has 0 spiro atoms. The van der Waals surface area contributed by atoms with Gasteiger partial charge in [0, 0.05) is 6.07 Å². The van der Waals surface area contributed by atoms with E-state index in [2.05, 4.69) is 0 Å². The maximum atomic E-state index is 14.6. The number of allylic oxidation sites excluding steroid dienone is 1. The zero-order valence-electron chi connectivity index (χ0n) is 19.4. The summed E-state index contributed by atoms with van der Waals surface area (Å²) < 4.78 is 30.9. The third-order valence-corrected chi connectivity index (χ3v) is 5.35. The number of ether oxygens (including phenoxy) is 3. The van der Waals surface area contributed by atoms with E-state index in [9.17, 15) is 19.1 Å². The van der Waals surface area contributed by atoms with Crippen LogP contribution >= 0.6 is 0 Å². The van der Waals surface area contributed by atoms with Crippen LogP contribution in [-0.4, -0.2) is 29.6 Å². The van der Waals surface area contributed by atoms with E-state index in [-0.39, 0.29) is 22.6 Å². The van der Waals surface area contributed by atoms with Crippen molar-refractivity contribution in [1.29, 1.82) is 0 Å². The van der Waals surface area contributed by atoms with Gasteiger partial charge < -0.3 is 19.3 Å². The smallest absolute Gasteiger partial charge is 0.346 e. The number of para-hydroxylation sites is 1. The predicted octanol–water partition coefficient (Wildman–Crippen LogP) is 5.84. The van der Waals surface area contributed by atoms with Gasteiger partial charge in [0.1, 0.15) is 40.0 Å². The van der Waals surface area contributed by atoms with E-state index in [1.807, 2.05) is 13.8 Å². The van der Waals surface area contributed by atoms with Gasteiger partial charge in [-0.15, -0.1) is 0 Å². The molecule has 7 heteroatoms. The monoisotopic (exact) mass is 474 g/mol. The third-order valence-electron chi connectivity index (χ3n) is 5.35. The van der Waals surface area contributed by atoms with Gasteiger partial charge in [0.05, 0.1) is 18.2 Å². The Morgan fingerprint density at radius 1 is 1.09 bits per heavy atom. The number of phenolic OH excluding ortho intramolecular Hbond substituents is 1. The Kier molecular flexibility index (Phi) is 6.42. The fraction of sp³-hybridized carbons (Fsp3) is 0.143. The number of aromatic hydroxyl groups is 1.